The largest absolute Gasteiger partial charge is 0.508 e. The number of piperidine rings is 1. The summed E-state index contributed by atoms with van der Waals surface area (Å²) in [5.41, 5.74) is 3.89. The number of fused-ring (bicyclic) bond motifs is 1. The van der Waals surface area contributed by atoms with E-state index in [0.29, 0.717) is 25.5 Å². The highest BCUT2D eigenvalue weighted by Crippen LogP contribution is 2.65. The van der Waals surface area contributed by atoms with Crippen molar-refractivity contribution in [1.29, 1.82) is 0 Å². The molecule has 4 aliphatic rings. The summed E-state index contributed by atoms with van der Waals surface area (Å²) in [6.45, 7) is 15.8. The van der Waals surface area contributed by atoms with Crippen molar-refractivity contribution in [2.75, 3.05) is 19.8 Å². The van der Waals surface area contributed by atoms with Gasteiger partial charge in [-0.15, -0.1) is 0 Å². The van der Waals surface area contributed by atoms with Gasteiger partial charge in [0.1, 0.15) is 18.7 Å². The molecular formula is C34H55N5O8. The number of likely N-dealkylation sites (tertiary alicyclic amines) is 1. The maximum absolute atomic E-state index is 14.3. The van der Waals surface area contributed by atoms with Gasteiger partial charge in [0.15, 0.2) is 0 Å². The Morgan fingerprint density at radius 1 is 0.872 bits per heavy atom. The van der Waals surface area contributed by atoms with E-state index < -0.39 is 70.7 Å². The standard InChI is InChI=1S/C34H55N5O8/c1-32(2,3)22(17-47-31(45)46-16-19-12-13-19)37-30(44)38-26(33(4,5)6)29(43)39-15-20-23(34(20,7)8)24(39)28(42)36-21(25(40)27(35)41)14-18-10-9-11-18/h18-24,26H,9-17H2,1-8H3,(H2,35,41)(H,36,42)(H2,37,38,44)/t20-,21?,22+,23-,24?,26?/m0/s1. The third-order valence-electron chi connectivity index (χ3n) is 10.7. The molecule has 0 radical (unpaired) electrons. The minimum Gasteiger partial charge on any atom is -0.434 e. The Balaban J connectivity index is 1.46. The number of carbonyl (C=O) groups excluding carboxylic acids is 6. The zero-order valence-corrected chi connectivity index (χ0v) is 29.3. The molecule has 6 atom stereocenters. The molecule has 13 heteroatoms. The fourth-order valence-corrected chi connectivity index (χ4v) is 6.85. The first kappa shape index (κ1) is 36.5. The van der Waals surface area contributed by atoms with Crippen molar-refractivity contribution >= 4 is 35.7 Å². The van der Waals surface area contributed by atoms with Gasteiger partial charge < -0.3 is 36.1 Å². The van der Waals surface area contributed by atoms with Crippen LogP contribution in [-0.2, 0) is 28.7 Å². The van der Waals surface area contributed by atoms with Crippen molar-refractivity contribution in [2.24, 2.45) is 45.7 Å². The summed E-state index contributed by atoms with van der Waals surface area (Å²) < 4.78 is 10.5. The summed E-state index contributed by atoms with van der Waals surface area (Å²) in [7, 11) is 0. The second kappa shape index (κ2) is 13.6. The number of amides is 5. The van der Waals surface area contributed by atoms with Gasteiger partial charge >= 0.3 is 12.2 Å². The zero-order valence-electron chi connectivity index (χ0n) is 29.3. The first-order valence-electron chi connectivity index (χ1n) is 17.0. The fraction of sp³-hybridized carbons (Fsp3) is 0.824. The van der Waals surface area contributed by atoms with Gasteiger partial charge in [-0.1, -0.05) is 74.7 Å². The van der Waals surface area contributed by atoms with E-state index in [1.807, 2.05) is 55.4 Å². The van der Waals surface area contributed by atoms with Gasteiger partial charge in [-0.25, -0.2) is 9.59 Å². The topological polar surface area (TPSA) is 186 Å². The van der Waals surface area contributed by atoms with Crippen molar-refractivity contribution in [3.8, 4) is 0 Å². The molecule has 1 heterocycles. The van der Waals surface area contributed by atoms with Gasteiger partial charge in [-0.3, -0.25) is 19.2 Å². The number of carbonyl (C=O) groups is 6. The molecule has 0 aromatic rings. The predicted molar refractivity (Wildman–Crippen MR) is 173 cm³/mol. The number of hydrogen-bond donors (Lipinski definition) is 4. The van der Waals surface area contributed by atoms with E-state index in [-0.39, 0.29) is 29.8 Å². The number of ether oxygens (including phenoxy) is 2. The van der Waals surface area contributed by atoms with Gasteiger partial charge in [0, 0.05) is 6.54 Å². The maximum atomic E-state index is 14.3. The van der Waals surface area contributed by atoms with Gasteiger partial charge in [0.05, 0.1) is 18.7 Å². The SMILES string of the molecule is CC(C)(C)C(NC(=O)N[C@H](COC(=O)OCC1CC1)C(C)(C)C)C(=O)N1C[C@H]2[C@@H](C1C(=O)NC(CC1CCC1)C(=O)C(N)=O)C2(C)C. The predicted octanol–water partition coefficient (Wildman–Crippen LogP) is 2.89. The summed E-state index contributed by atoms with van der Waals surface area (Å²) in [6.07, 6.45) is 4.47. The van der Waals surface area contributed by atoms with Crippen LogP contribution in [0, 0.1) is 39.9 Å². The van der Waals surface area contributed by atoms with Crippen molar-refractivity contribution < 1.29 is 38.2 Å². The molecule has 3 saturated carbocycles. The molecule has 0 aromatic carbocycles. The van der Waals surface area contributed by atoms with E-state index in [2.05, 4.69) is 16.0 Å². The van der Waals surface area contributed by atoms with E-state index in [1.54, 1.807) is 0 Å². The number of primary amides is 1. The number of nitrogens with two attached hydrogens (primary N) is 1. The van der Waals surface area contributed by atoms with E-state index in [1.165, 1.54) is 4.90 Å². The first-order valence-corrected chi connectivity index (χ1v) is 17.0. The van der Waals surface area contributed by atoms with Crippen LogP contribution in [-0.4, -0.2) is 84.5 Å². The van der Waals surface area contributed by atoms with Crippen LogP contribution < -0.4 is 21.7 Å². The number of hydrogen-bond acceptors (Lipinski definition) is 8. The van der Waals surface area contributed by atoms with Crippen LogP contribution in [0.1, 0.15) is 93.9 Å². The Morgan fingerprint density at radius 2 is 1.51 bits per heavy atom. The average Bonchev–Trinajstić information content (AvgIpc) is 3.80. The lowest BCUT2D eigenvalue weighted by molar-refractivity contribution is -0.145. The summed E-state index contributed by atoms with van der Waals surface area (Å²) >= 11 is 0. The first-order chi connectivity index (χ1) is 21.7. The number of Topliss-reactive ketones (excluding diaryl/α,β-unsaturated/α-hetero) is 1. The van der Waals surface area contributed by atoms with Crippen LogP contribution in [0.4, 0.5) is 9.59 Å². The molecular weight excluding hydrogens is 606 g/mol. The van der Waals surface area contributed by atoms with Crippen LogP contribution in [0.15, 0.2) is 0 Å². The normalized spacial score (nSPS) is 25.3. The molecule has 3 unspecified atom stereocenters. The van der Waals surface area contributed by atoms with Crippen molar-refractivity contribution in [1.82, 2.24) is 20.9 Å². The lowest BCUT2D eigenvalue weighted by Gasteiger charge is -2.38. The highest BCUT2D eigenvalue weighted by atomic mass is 16.7. The van der Waals surface area contributed by atoms with Gasteiger partial charge in [0.25, 0.3) is 5.91 Å². The number of rotatable bonds is 13. The lowest BCUT2D eigenvalue weighted by Crippen LogP contribution is -2.62. The fourth-order valence-electron chi connectivity index (χ4n) is 6.85. The second-order valence-electron chi connectivity index (χ2n) is 16.9. The molecule has 0 aromatic heterocycles. The summed E-state index contributed by atoms with van der Waals surface area (Å²) in [5, 5.41) is 8.49. The molecule has 5 N–H and O–H groups in total. The third-order valence-corrected chi connectivity index (χ3v) is 10.7. The van der Waals surface area contributed by atoms with Gasteiger partial charge in [0.2, 0.25) is 17.6 Å². The summed E-state index contributed by atoms with van der Waals surface area (Å²) in [4.78, 5) is 79.8. The molecule has 13 nitrogen and oxygen atoms in total. The maximum Gasteiger partial charge on any atom is 0.508 e. The minimum absolute atomic E-state index is 0.0654. The molecule has 3 aliphatic carbocycles. The quantitative estimate of drug-likeness (QED) is 0.171. The molecule has 47 heavy (non-hydrogen) atoms. The molecule has 0 spiro atoms. The van der Waals surface area contributed by atoms with Gasteiger partial charge in [-0.2, -0.15) is 0 Å². The molecule has 4 rings (SSSR count). The summed E-state index contributed by atoms with van der Waals surface area (Å²) in [6, 6.07) is -4.15. The van der Waals surface area contributed by atoms with Gasteiger partial charge in [-0.05, 0) is 59.2 Å². The monoisotopic (exact) mass is 661 g/mol. The Hall–Kier alpha value is -3.38. The molecule has 264 valence electrons. The number of ketones is 1. The minimum atomic E-state index is -1.10. The Morgan fingerprint density at radius 3 is 2.02 bits per heavy atom. The summed E-state index contributed by atoms with van der Waals surface area (Å²) in [5.74, 6) is -2.32. The lowest BCUT2D eigenvalue weighted by atomic mass is 9.80. The molecule has 1 aliphatic heterocycles. The smallest absolute Gasteiger partial charge is 0.434 e. The van der Waals surface area contributed by atoms with Crippen LogP contribution >= 0.6 is 0 Å². The number of nitrogens with one attached hydrogen (secondary N) is 3. The second-order valence-corrected chi connectivity index (χ2v) is 16.9. The highest BCUT2D eigenvalue weighted by molar-refractivity contribution is 6.37. The Labute approximate surface area is 278 Å². The van der Waals surface area contributed by atoms with Crippen LogP contribution in [0.25, 0.3) is 0 Å². The third kappa shape index (κ3) is 8.76. The van der Waals surface area contributed by atoms with Crippen LogP contribution in [0.5, 0.6) is 0 Å². The Kier molecular flexibility index (Phi) is 10.6. The van der Waals surface area contributed by atoms with E-state index in [4.69, 9.17) is 15.2 Å². The number of urea groups is 1. The Bertz CT molecular complexity index is 1250. The van der Waals surface area contributed by atoms with Crippen molar-refractivity contribution in [3.05, 3.63) is 0 Å². The van der Waals surface area contributed by atoms with E-state index >= 15 is 0 Å². The average molecular weight is 662 g/mol. The number of nitrogens with zero attached hydrogens (tertiary/aromatic N) is 1. The van der Waals surface area contributed by atoms with Crippen LogP contribution in [0.2, 0.25) is 0 Å². The van der Waals surface area contributed by atoms with Crippen molar-refractivity contribution in [3.63, 3.8) is 0 Å². The van der Waals surface area contributed by atoms with E-state index in [0.717, 1.165) is 32.1 Å². The highest BCUT2D eigenvalue weighted by Gasteiger charge is 2.70. The van der Waals surface area contributed by atoms with Crippen LogP contribution in [0.3, 0.4) is 0 Å². The zero-order chi connectivity index (χ0) is 35.1. The molecule has 0 bridgehead atoms. The van der Waals surface area contributed by atoms with E-state index in [9.17, 15) is 28.8 Å². The molecule has 1 saturated heterocycles. The molecule has 5 amide bonds. The van der Waals surface area contributed by atoms with Crippen molar-refractivity contribution in [2.45, 2.75) is 118 Å². The molecule has 4 fully saturated rings.